The second kappa shape index (κ2) is 9.58. The first-order valence-electron chi connectivity index (χ1n) is 15.5. The van der Waals surface area contributed by atoms with Crippen LogP contribution >= 0.6 is 0 Å². The standard InChI is InChI=1S/C41H25N5/c1-2-14-26(15-3-1)27-16-4-6-19-30(27)37-32-21-8-11-23-34(32)42-41(44-37)46-36-25-13-10-22-33(36)38-40(46)45-35-24-12-9-18-29(35)28-17-5-7-20-31(28)39(45)43-38/h1-25H. The van der Waals surface area contributed by atoms with E-state index < -0.39 is 0 Å². The van der Waals surface area contributed by atoms with Gasteiger partial charge in [-0.3, -0.25) is 8.97 Å². The van der Waals surface area contributed by atoms with Crippen molar-refractivity contribution in [2.75, 3.05) is 0 Å². The van der Waals surface area contributed by atoms with Crippen molar-refractivity contribution in [2.24, 2.45) is 0 Å². The van der Waals surface area contributed by atoms with Crippen LogP contribution in [0.5, 0.6) is 0 Å². The van der Waals surface area contributed by atoms with E-state index in [9.17, 15) is 0 Å². The van der Waals surface area contributed by atoms with Crippen LogP contribution in [0.15, 0.2) is 152 Å². The number of hydrogen-bond donors (Lipinski definition) is 0. The van der Waals surface area contributed by atoms with Crippen LogP contribution in [0.4, 0.5) is 0 Å². The summed E-state index contributed by atoms with van der Waals surface area (Å²) in [6.45, 7) is 0. The predicted octanol–water partition coefficient (Wildman–Crippen LogP) is 10.0. The molecule has 0 N–H and O–H groups in total. The summed E-state index contributed by atoms with van der Waals surface area (Å²) in [4.78, 5) is 16.0. The average molecular weight is 588 g/mol. The van der Waals surface area contributed by atoms with Gasteiger partial charge in [-0.15, -0.1) is 0 Å². The summed E-state index contributed by atoms with van der Waals surface area (Å²) < 4.78 is 4.50. The molecular weight excluding hydrogens is 562 g/mol. The van der Waals surface area contributed by atoms with E-state index in [0.717, 1.165) is 71.9 Å². The fourth-order valence-corrected chi connectivity index (χ4v) is 7.13. The van der Waals surface area contributed by atoms with Crippen LogP contribution in [0.2, 0.25) is 0 Å². The zero-order chi connectivity index (χ0) is 30.2. The molecule has 0 amide bonds. The summed E-state index contributed by atoms with van der Waals surface area (Å²) in [5.74, 6) is 0.613. The fraction of sp³-hybridized carbons (Fsp3) is 0. The van der Waals surface area contributed by atoms with Crippen molar-refractivity contribution in [3.05, 3.63) is 152 Å². The first kappa shape index (κ1) is 25.0. The molecule has 0 aliphatic heterocycles. The molecule has 0 saturated heterocycles. The lowest BCUT2D eigenvalue weighted by atomic mass is 9.96. The molecular formula is C41H25N5. The maximum absolute atomic E-state index is 5.44. The van der Waals surface area contributed by atoms with Crippen LogP contribution in [0.25, 0.3) is 88.6 Å². The number of benzene rings is 6. The zero-order valence-corrected chi connectivity index (χ0v) is 24.7. The molecule has 0 bridgehead atoms. The molecule has 0 unspecified atom stereocenters. The number of pyridine rings is 1. The smallest absolute Gasteiger partial charge is 0.237 e. The van der Waals surface area contributed by atoms with Gasteiger partial charge in [0, 0.05) is 27.1 Å². The number of hydrogen-bond acceptors (Lipinski definition) is 3. The van der Waals surface area contributed by atoms with Crippen molar-refractivity contribution in [3.8, 4) is 28.3 Å². The third kappa shape index (κ3) is 3.48. The summed E-state index contributed by atoms with van der Waals surface area (Å²) in [5, 5.41) is 5.56. The van der Waals surface area contributed by atoms with Crippen LogP contribution in [0, 0.1) is 0 Å². The minimum atomic E-state index is 0.613. The van der Waals surface area contributed by atoms with Gasteiger partial charge in [0.25, 0.3) is 0 Å². The minimum Gasteiger partial charge on any atom is -0.277 e. The average Bonchev–Trinajstić information content (AvgIpc) is 3.67. The Balaban J connectivity index is 1.38. The van der Waals surface area contributed by atoms with E-state index in [2.05, 4.69) is 155 Å². The molecule has 0 atom stereocenters. The topological polar surface area (TPSA) is 48.0 Å². The second-order valence-corrected chi connectivity index (χ2v) is 11.7. The van der Waals surface area contributed by atoms with E-state index in [1.165, 1.54) is 10.8 Å². The van der Waals surface area contributed by atoms with E-state index in [1.807, 2.05) is 6.07 Å². The number of rotatable bonds is 3. The largest absolute Gasteiger partial charge is 0.277 e. The number of fused-ring (bicyclic) bond motifs is 11. The monoisotopic (exact) mass is 587 g/mol. The highest BCUT2D eigenvalue weighted by Crippen LogP contribution is 2.39. The van der Waals surface area contributed by atoms with Gasteiger partial charge in [0.05, 0.1) is 22.2 Å². The lowest BCUT2D eigenvalue weighted by Crippen LogP contribution is -2.05. The van der Waals surface area contributed by atoms with E-state index in [0.29, 0.717) is 5.95 Å². The van der Waals surface area contributed by atoms with E-state index in [4.69, 9.17) is 15.0 Å². The molecule has 6 aromatic carbocycles. The molecule has 0 aliphatic carbocycles. The van der Waals surface area contributed by atoms with E-state index >= 15 is 0 Å². The van der Waals surface area contributed by atoms with Gasteiger partial charge in [0.1, 0.15) is 11.2 Å². The third-order valence-electron chi connectivity index (χ3n) is 9.13. The Bertz CT molecular complexity index is 2810. The molecule has 10 aromatic rings. The first-order chi connectivity index (χ1) is 22.8. The Morgan fingerprint density at radius 2 is 1.02 bits per heavy atom. The Hall–Kier alpha value is -6.33. The van der Waals surface area contributed by atoms with Gasteiger partial charge in [-0.25, -0.2) is 15.0 Å². The molecule has 0 fully saturated rings. The Labute approximate surface area is 263 Å². The highest BCUT2D eigenvalue weighted by molar-refractivity contribution is 6.16. The quantitative estimate of drug-likeness (QED) is 0.193. The number of aromatic nitrogens is 5. The summed E-state index contributed by atoms with van der Waals surface area (Å²) in [6, 6.07) is 52.9. The van der Waals surface area contributed by atoms with Crippen molar-refractivity contribution < 1.29 is 0 Å². The Morgan fingerprint density at radius 3 is 1.85 bits per heavy atom. The molecule has 10 rings (SSSR count). The third-order valence-corrected chi connectivity index (χ3v) is 9.13. The lowest BCUT2D eigenvalue weighted by Gasteiger charge is -2.15. The number of nitrogens with zero attached hydrogens (tertiary/aromatic N) is 5. The molecule has 0 saturated carbocycles. The predicted molar refractivity (Wildman–Crippen MR) is 189 cm³/mol. The molecule has 0 aliphatic rings. The van der Waals surface area contributed by atoms with Crippen LogP contribution in [0.1, 0.15) is 0 Å². The summed E-state index contributed by atoms with van der Waals surface area (Å²) in [7, 11) is 0. The highest BCUT2D eigenvalue weighted by atomic mass is 15.2. The second-order valence-electron chi connectivity index (χ2n) is 11.7. The highest BCUT2D eigenvalue weighted by Gasteiger charge is 2.24. The molecule has 46 heavy (non-hydrogen) atoms. The lowest BCUT2D eigenvalue weighted by molar-refractivity contribution is 0.993. The maximum atomic E-state index is 5.44. The van der Waals surface area contributed by atoms with Crippen LogP contribution in [-0.4, -0.2) is 23.9 Å². The van der Waals surface area contributed by atoms with Crippen LogP contribution in [-0.2, 0) is 0 Å². The zero-order valence-electron chi connectivity index (χ0n) is 24.7. The normalized spacial score (nSPS) is 11.9. The molecule has 214 valence electrons. The van der Waals surface area contributed by atoms with Crippen molar-refractivity contribution in [2.45, 2.75) is 0 Å². The van der Waals surface area contributed by atoms with E-state index in [1.54, 1.807) is 0 Å². The van der Waals surface area contributed by atoms with Gasteiger partial charge in [0.15, 0.2) is 5.65 Å². The van der Waals surface area contributed by atoms with Crippen LogP contribution < -0.4 is 0 Å². The summed E-state index contributed by atoms with van der Waals surface area (Å²) in [6.07, 6.45) is 0. The van der Waals surface area contributed by atoms with Crippen molar-refractivity contribution in [3.63, 3.8) is 0 Å². The molecule has 0 spiro atoms. The van der Waals surface area contributed by atoms with Gasteiger partial charge < -0.3 is 0 Å². The number of para-hydroxylation sites is 3. The Morgan fingerprint density at radius 1 is 0.413 bits per heavy atom. The minimum absolute atomic E-state index is 0.613. The molecule has 5 nitrogen and oxygen atoms in total. The van der Waals surface area contributed by atoms with Crippen molar-refractivity contribution in [1.82, 2.24) is 23.9 Å². The molecule has 4 heterocycles. The first-order valence-corrected chi connectivity index (χ1v) is 15.5. The van der Waals surface area contributed by atoms with Crippen LogP contribution in [0.3, 0.4) is 0 Å². The summed E-state index contributed by atoms with van der Waals surface area (Å²) in [5.41, 5.74) is 10.1. The van der Waals surface area contributed by atoms with Gasteiger partial charge in [-0.05, 0) is 34.7 Å². The van der Waals surface area contributed by atoms with Gasteiger partial charge >= 0.3 is 0 Å². The molecule has 4 aromatic heterocycles. The van der Waals surface area contributed by atoms with Crippen molar-refractivity contribution in [1.29, 1.82) is 0 Å². The van der Waals surface area contributed by atoms with Gasteiger partial charge in [-0.1, -0.05) is 133 Å². The van der Waals surface area contributed by atoms with Gasteiger partial charge in [0.2, 0.25) is 5.95 Å². The van der Waals surface area contributed by atoms with Crippen molar-refractivity contribution >= 4 is 60.3 Å². The van der Waals surface area contributed by atoms with E-state index in [-0.39, 0.29) is 0 Å². The SMILES string of the molecule is c1ccc(-c2ccccc2-c2nc(-n3c4ccccc4c4nc5c6ccccc6c6ccccc6n5c43)nc3ccccc23)cc1. The molecule has 5 heteroatoms. The summed E-state index contributed by atoms with van der Waals surface area (Å²) >= 11 is 0. The van der Waals surface area contributed by atoms with Gasteiger partial charge in [-0.2, -0.15) is 0 Å². The fourth-order valence-electron chi connectivity index (χ4n) is 7.13. The number of imidazole rings is 1. The Kier molecular flexibility index (Phi) is 5.22. The maximum Gasteiger partial charge on any atom is 0.237 e. The molecule has 0 radical (unpaired) electrons.